The summed E-state index contributed by atoms with van der Waals surface area (Å²) in [4.78, 5) is 30.3. The number of hydrogen-bond acceptors (Lipinski definition) is 3. The molecule has 3 aromatic carbocycles. The molecule has 4 rings (SSSR count). The first-order chi connectivity index (χ1) is 14.9. The third-order valence-electron chi connectivity index (χ3n) is 5.72. The van der Waals surface area contributed by atoms with Crippen LogP contribution < -0.4 is 14.5 Å². The normalized spacial score (nSPS) is 16.6. The summed E-state index contributed by atoms with van der Waals surface area (Å²) in [6, 6.07) is 19.2. The number of anilines is 2. The molecular formula is C25H23ClN2O3. The number of ether oxygens (including phenoxy) is 1. The van der Waals surface area contributed by atoms with Gasteiger partial charge in [0, 0.05) is 16.4 Å². The fourth-order valence-electron chi connectivity index (χ4n) is 3.90. The van der Waals surface area contributed by atoms with Crippen LogP contribution in [0.3, 0.4) is 0 Å². The van der Waals surface area contributed by atoms with Crippen LogP contribution in [0, 0.1) is 13.8 Å². The lowest BCUT2D eigenvalue weighted by Gasteiger charge is -2.41. The van der Waals surface area contributed by atoms with Gasteiger partial charge in [-0.3, -0.25) is 14.5 Å². The van der Waals surface area contributed by atoms with Crippen LogP contribution >= 0.6 is 11.6 Å². The summed E-state index contributed by atoms with van der Waals surface area (Å²) in [6.45, 7) is 3.94. The Morgan fingerprint density at radius 2 is 1.61 bits per heavy atom. The first kappa shape index (κ1) is 20.9. The van der Waals surface area contributed by atoms with Crippen LogP contribution in [0.15, 0.2) is 66.7 Å². The Kier molecular flexibility index (Phi) is 5.70. The lowest BCUT2D eigenvalue weighted by atomic mass is 9.98. The molecule has 3 aromatic rings. The van der Waals surface area contributed by atoms with E-state index in [4.69, 9.17) is 16.3 Å². The zero-order valence-electron chi connectivity index (χ0n) is 17.6. The molecule has 1 unspecified atom stereocenters. The molecule has 158 valence electrons. The van der Waals surface area contributed by atoms with Crippen LogP contribution in [0.1, 0.15) is 22.7 Å². The lowest BCUT2D eigenvalue weighted by molar-refractivity contribution is -0.128. The van der Waals surface area contributed by atoms with E-state index in [1.54, 1.807) is 53.3 Å². The van der Waals surface area contributed by atoms with E-state index in [1.807, 2.05) is 44.2 Å². The van der Waals surface area contributed by atoms with E-state index < -0.39 is 6.04 Å². The van der Waals surface area contributed by atoms with E-state index >= 15 is 0 Å². The van der Waals surface area contributed by atoms with Gasteiger partial charge in [-0.25, -0.2) is 0 Å². The molecular weight excluding hydrogens is 412 g/mol. The molecule has 6 heteroatoms. The molecule has 0 saturated carbocycles. The minimum atomic E-state index is -0.798. The predicted octanol–water partition coefficient (Wildman–Crippen LogP) is 5.09. The second kappa shape index (κ2) is 8.44. The van der Waals surface area contributed by atoms with Gasteiger partial charge in [-0.1, -0.05) is 35.9 Å². The summed E-state index contributed by atoms with van der Waals surface area (Å²) in [6.07, 6.45) is 0. The number of hydrogen-bond donors (Lipinski definition) is 0. The Labute approximate surface area is 186 Å². The smallest absolute Gasteiger partial charge is 0.255 e. The van der Waals surface area contributed by atoms with Gasteiger partial charge in [0.1, 0.15) is 18.3 Å². The molecule has 31 heavy (non-hydrogen) atoms. The summed E-state index contributed by atoms with van der Waals surface area (Å²) in [5, 5.41) is 0.567. The zero-order valence-corrected chi connectivity index (χ0v) is 18.4. The average molecular weight is 435 g/mol. The monoisotopic (exact) mass is 434 g/mol. The summed E-state index contributed by atoms with van der Waals surface area (Å²) in [7, 11) is 1.59. The summed E-state index contributed by atoms with van der Waals surface area (Å²) in [5.74, 6) is 0.361. The van der Waals surface area contributed by atoms with Gasteiger partial charge >= 0.3 is 0 Å². The van der Waals surface area contributed by atoms with Crippen molar-refractivity contribution in [3.05, 3.63) is 88.4 Å². The molecule has 0 aliphatic carbocycles. The Morgan fingerprint density at radius 3 is 2.26 bits per heavy atom. The summed E-state index contributed by atoms with van der Waals surface area (Å²) in [5.41, 5.74) is 4.15. The van der Waals surface area contributed by atoms with Crippen molar-refractivity contribution < 1.29 is 14.3 Å². The third kappa shape index (κ3) is 3.89. The fraction of sp³-hybridized carbons (Fsp3) is 0.200. The minimum absolute atomic E-state index is 0.0294. The number of carbonyl (C=O) groups excluding carboxylic acids is 2. The van der Waals surface area contributed by atoms with Gasteiger partial charge in [0.15, 0.2) is 0 Å². The van der Waals surface area contributed by atoms with E-state index in [1.165, 1.54) is 0 Å². The van der Waals surface area contributed by atoms with Crippen molar-refractivity contribution in [2.45, 2.75) is 19.9 Å². The van der Waals surface area contributed by atoms with Crippen molar-refractivity contribution in [2.75, 3.05) is 23.5 Å². The van der Waals surface area contributed by atoms with Crippen LogP contribution in [0.4, 0.5) is 11.4 Å². The maximum atomic E-state index is 13.8. The maximum absolute atomic E-state index is 13.8. The van der Waals surface area contributed by atoms with Gasteiger partial charge in [-0.05, 0) is 73.0 Å². The second-order valence-electron chi connectivity index (χ2n) is 7.56. The highest BCUT2D eigenvalue weighted by molar-refractivity contribution is 6.30. The molecule has 0 aromatic heterocycles. The number of carbonyl (C=O) groups is 2. The maximum Gasteiger partial charge on any atom is 0.255 e. The molecule has 1 aliphatic rings. The number of amides is 2. The van der Waals surface area contributed by atoms with E-state index in [0.717, 1.165) is 16.8 Å². The second-order valence-corrected chi connectivity index (χ2v) is 8.00. The predicted molar refractivity (Wildman–Crippen MR) is 123 cm³/mol. The van der Waals surface area contributed by atoms with Crippen LogP contribution in [0.2, 0.25) is 5.02 Å². The Balaban J connectivity index is 1.83. The number of methoxy groups -OCH3 is 1. The molecule has 5 nitrogen and oxygen atoms in total. The average Bonchev–Trinajstić information content (AvgIpc) is 2.78. The quantitative estimate of drug-likeness (QED) is 0.575. The third-order valence-corrected chi connectivity index (χ3v) is 5.98. The van der Waals surface area contributed by atoms with Crippen LogP contribution in [-0.4, -0.2) is 25.5 Å². The van der Waals surface area contributed by atoms with Gasteiger partial charge in [0.2, 0.25) is 5.91 Å². The van der Waals surface area contributed by atoms with Crippen molar-refractivity contribution in [3.63, 3.8) is 0 Å². The van der Waals surface area contributed by atoms with E-state index in [9.17, 15) is 9.59 Å². The van der Waals surface area contributed by atoms with Gasteiger partial charge in [-0.2, -0.15) is 0 Å². The summed E-state index contributed by atoms with van der Waals surface area (Å²) >= 11 is 6.05. The topological polar surface area (TPSA) is 49.9 Å². The highest BCUT2D eigenvalue weighted by Gasteiger charge is 2.42. The molecule has 2 amide bonds. The molecule has 1 atom stereocenters. The van der Waals surface area contributed by atoms with Crippen molar-refractivity contribution in [2.24, 2.45) is 0 Å². The molecule has 0 spiro atoms. The van der Waals surface area contributed by atoms with Crippen molar-refractivity contribution >= 4 is 34.8 Å². The van der Waals surface area contributed by atoms with E-state index in [-0.39, 0.29) is 18.4 Å². The van der Waals surface area contributed by atoms with E-state index in [2.05, 4.69) is 0 Å². The number of benzene rings is 3. The van der Waals surface area contributed by atoms with E-state index in [0.29, 0.717) is 22.0 Å². The molecule has 0 bridgehead atoms. The lowest BCUT2D eigenvalue weighted by Crippen LogP contribution is -2.56. The number of rotatable bonds is 4. The standard InChI is InChI=1S/C25H23ClN2O3/c1-16-5-4-6-22(17(16)2)27-15-23(29)28(20-11-9-19(26)10-12-20)24(25(27)30)18-7-13-21(31-3)14-8-18/h4-14,24H,15H2,1-3H3. The Bertz CT molecular complexity index is 1130. The van der Waals surface area contributed by atoms with Crippen LogP contribution in [-0.2, 0) is 9.59 Å². The van der Waals surface area contributed by atoms with Crippen molar-refractivity contribution in [1.29, 1.82) is 0 Å². The largest absolute Gasteiger partial charge is 0.497 e. The van der Waals surface area contributed by atoms with Gasteiger partial charge in [-0.15, -0.1) is 0 Å². The number of nitrogens with zero attached hydrogens (tertiary/aromatic N) is 2. The molecule has 1 aliphatic heterocycles. The SMILES string of the molecule is COc1ccc(C2C(=O)N(c3cccc(C)c3C)CC(=O)N2c2ccc(Cl)cc2)cc1. The molecule has 0 N–H and O–H groups in total. The van der Waals surface area contributed by atoms with Gasteiger partial charge in [0.05, 0.1) is 7.11 Å². The number of piperazine rings is 1. The highest BCUT2D eigenvalue weighted by atomic mass is 35.5. The molecule has 1 heterocycles. The molecule has 1 fully saturated rings. The highest BCUT2D eigenvalue weighted by Crippen LogP contribution is 2.36. The Morgan fingerprint density at radius 1 is 0.935 bits per heavy atom. The van der Waals surface area contributed by atoms with Crippen molar-refractivity contribution in [3.8, 4) is 5.75 Å². The molecule has 1 saturated heterocycles. The van der Waals surface area contributed by atoms with Crippen LogP contribution in [0.5, 0.6) is 5.75 Å². The first-order valence-corrected chi connectivity index (χ1v) is 10.4. The zero-order chi connectivity index (χ0) is 22.1. The number of aryl methyl sites for hydroxylation is 1. The minimum Gasteiger partial charge on any atom is -0.497 e. The summed E-state index contributed by atoms with van der Waals surface area (Å²) < 4.78 is 5.26. The van der Waals surface area contributed by atoms with Gasteiger partial charge < -0.3 is 9.64 Å². The van der Waals surface area contributed by atoms with Crippen molar-refractivity contribution in [1.82, 2.24) is 0 Å². The van der Waals surface area contributed by atoms with Gasteiger partial charge in [0.25, 0.3) is 5.91 Å². The Hall–Kier alpha value is -3.31. The van der Waals surface area contributed by atoms with Crippen LogP contribution in [0.25, 0.3) is 0 Å². The molecule has 0 radical (unpaired) electrons. The number of halogens is 1. The fourth-order valence-corrected chi connectivity index (χ4v) is 4.02. The first-order valence-electron chi connectivity index (χ1n) is 10.00.